The molecular weight excluding hydrogens is 524 g/mol. The lowest BCUT2D eigenvalue weighted by atomic mass is 9.81. The number of benzene rings is 6. The number of methoxy groups -OCH3 is 1. The van der Waals surface area contributed by atoms with Crippen LogP contribution in [0.3, 0.4) is 0 Å². The first-order valence-electron chi connectivity index (χ1n) is 12.5. The summed E-state index contributed by atoms with van der Waals surface area (Å²) in [7, 11) is 1.56. The van der Waals surface area contributed by atoms with E-state index in [1.165, 1.54) is 18.2 Å². The molecule has 0 spiro atoms. The van der Waals surface area contributed by atoms with E-state index in [1.54, 1.807) is 31.4 Å². The molecule has 2 amide bonds. The summed E-state index contributed by atoms with van der Waals surface area (Å²) >= 11 is 0. The van der Waals surface area contributed by atoms with Crippen molar-refractivity contribution >= 4 is 66.8 Å². The molecule has 0 saturated heterocycles. The lowest BCUT2D eigenvalue weighted by molar-refractivity contribution is 0.0695. The number of carboxylic acid groups (broad SMARTS) is 2. The Morgan fingerprint density at radius 2 is 1.12 bits per heavy atom. The molecule has 0 unspecified atom stereocenters. The SMILES string of the molecule is COc1ccc(Cc2cc(C(N)=O)c3c(C(N)=O)ccc4c5ccc(C(=O)O)c6c(C(=O)O)ccc(c2c34)c65)cc1. The van der Waals surface area contributed by atoms with Gasteiger partial charge in [-0.2, -0.15) is 0 Å². The fourth-order valence-electron chi connectivity index (χ4n) is 5.94. The Kier molecular flexibility index (Phi) is 5.74. The quantitative estimate of drug-likeness (QED) is 0.162. The first kappa shape index (κ1) is 25.6. The van der Waals surface area contributed by atoms with E-state index >= 15 is 0 Å². The Hall–Kier alpha value is -5.70. The fraction of sp³-hybridized carbons (Fsp3) is 0.0625. The molecule has 0 atom stereocenters. The van der Waals surface area contributed by atoms with E-state index in [4.69, 9.17) is 16.2 Å². The van der Waals surface area contributed by atoms with Crippen molar-refractivity contribution in [2.75, 3.05) is 7.11 Å². The first-order valence-corrected chi connectivity index (χ1v) is 12.5. The van der Waals surface area contributed by atoms with E-state index in [-0.39, 0.29) is 27.6 Å². The van der Waals surface area contributed by atoms with E-state index in [0.29, 0.717) is 55.4 Å². The third-order valence-corrected chi connectivity index (χ3v) is 7.63. The third kappa shape index (κ3) is 3.78. The van der Waals surface area contributed by atoms with Crippen LogP contribution in [0.1, 0.15) is 52.6 Å². The largest absolute Gasteiger partial charge is 0.497 e. The number of nitrogens with two attached hydrogens (primary N) is 2. The summed E-state index contributed by atoms with van der Waals surface area (Å²) in [5.74, 6) is -3.35. The number of primary amides is 2. The molecular formula is C32H22N2O7. The molecule has 6 aromatic rings. The van der Waals surface area contributed by atoms with Crippen molar-refractivity contribution in [3.05, 3.63) is 100 Å². The first-order chi connectivity index (χ1) is 19.6. The van der Waals surface area contributed by atoms with Gasteiger partial charge in [-0.15, -0.1) is 0 Å². The summed E-state index contributed by atoms with van der Waals surface area (Å²) in [6, 6.07) is 18.2. The number of carbonyl (C=O) groups excluding carboxylic acids is 2. The van der Waals surface area contributed by atoms with Crippen molar-refractivity contribution < 1.29 is 34.1 Å². The number of hydrogen-bond acceptors (Lipinski definition) is 5. The van der Waals surface area contributed by atoms with Crippen LogP contribution in [-0.4, -0.2) is 41.1 Å². The van der Waals surface area contributed by atoms with Gasteiger partial charge < -0.3 is 26.4 Å². The molecule has 0 heterocycles. The molecule has 0 fully saturated rings. The van der Waals surface area contributed by atoms with E-state index in [1.807, 2.05) is 24.3 Å². The Morgan fingerprint density at radius 1 is 0.610 bits per heavy atom. The summed E-state index contributed by atoms with van der Waals surface area (Å²) in [5.41, 5.74) is 13.1. The zero-order valence-electron chi connectivity index (χ0n) is 21.6. The van der Waals surface area contributed by atoms with Gasteiger partial charge in [-0.25, -0.2) is 9.59 Å². The minimum atomic E-state index is -1.27. The molecule has 0 aliphatic heterocycles. The third-order valence-electron chi connectivity index (χ3n) is 7.63. The molecule has 0 aromatic heterocycles. The van der Waals surface area contributed by atoms with Crippen molar-refractivity contribution in [1.82, 2.24) is 0 Å². The molecule has 0 radical (unpaired) electrons. The average molecular weight is 547 g/mol. The van der Waals surface area contributed by atoms with Crippen LogP contribution in [0.15, 0.2) is 66.7 Å². The van der Waals surface area contributed by atoms with Gasteiger partial charge in [0.15, 0.2) is 0 Å². The second-order valence-electron chi connectivity index (χ2n) is 9.80. The number of carboxylic acids is 2. The lowest BCUT2D eigenvalue weighted by Gasteiger charge is -2.21. The molecule has 0 saturated carbocycles. The summed E-state index contributed by atoms with van der Waals surface area (Å²) in [6.45, 7) is 0. The van der Waals surface area contributed by atoms with Crippen LogP contribution < -0.4 is 16.2 Å². The molecule has 202 valence electrons. The van der Waals surface area contributed by atoms with Gasteiger partial charge in [-0.05, 0) is 86.3 Å². The Balaban J connectivity index is 1.89. The smallest absolute Gasteiger partial charge is 0.336 e. The summed E-state index contributed by atoms with van der Waals surface area (Å²) in [4.78, 5) is 49.9. The van der Waals surface area contributed by atoms with Crippen molar-refractivity contribution in [1.29, 1.82) is 0 Å². The van der Waals surface area contributed by atoms with E-state index < -0.39 is 23.8 Å². The normalized spacial score (nSPS) is 11.4. The molecule has 9 nitrogen and oxygen atoms in total. The monoisotopic (exact) mass is 546 g/mol. The number of fused-ring (bicyclic) bond motifs is 2. The van der Waals surface area contributed by atoms with Crippen molar-refractivity contribution in [3.8, 4) is 5.75 Å². The highest BCUT2D eigenvalue weighted by molar-refractivity contribution is 6.38. The van der Waals surface area contributed by atoms with Gasteiger partial charge in [0.1, 0.15) is 5.75 Å². The van der Waals surface area contributed by atoms with Crippen LogP contribution in [0.5, 0.6) is 5.75 Å². The van der Waals surface area contributed by atoms with Crippen LogP contribution in [0, 0.1) is 0 Å². The number of hydrogen-bond donors (Lipinski definition) is 4. The van der Waals surface area contributed by atoms with Gasteiger partial charge in [0, 0.05) is 21.9 Å². The zero-order chi connectivity index (χ0) is 29.2. The van der Waals surface area contributed by atoms with Gasteiger partial charge in [-0.1, -0.05) is 30.3 Å². The summed E-state index contributed by atoms with van der Waals surface area (Å²) < 4.78 is 5.27. The predicted molar refractivity (Wildman–Crippen MR) is 154 cm³/mol. The van der Waals surface area contributed by atoms with Crippen molar-refractivity contribution in [2.45, 2.75) is 6.42 Å². The fourth-order valence-corrected chi connectivity index (χ4v) is 5.94. The maximum atomic E-state index is 12.8. The van der Waals surface area contributed by atoms with Crippen LogP contribution >= 0.6 is 0 Å². The Labute approximate surface area is 231 Å². The number of amides is 2. The highest BCUT2D eigenvalue weighted by Gasteiger charge is 2.26. The van der Waals surface area contributed by atoms with E-state index in [0.717, 1.165) is 5.56 Å². The summed E-state index contributed by atoms with van der Waals surface area (Å²) in [6.07, 6.45) is 0.339. The molecule has 41 heavy (non-hydrogen) atoms. The van der Waals surface area contributed by atoms with Gasteiger partial charge >= 0.3 is 11.9 Å². The van der Waals surface area contributed by atoms with Crippen molar-refractivity contribution in [2.24, 2.45) is 11.5 Å². The molecule has 6 N–H and O–H groups in total. The minimum absolute atomic E-state index is 0.0900. The van der Waals surface area contributed by atoms with Gasteiger partial charge in [-0.3, -0.25) is 9.59 Å². The standard InChI is InChI=1S/C32H22N2O7/c1-41-16-4-2-14(3-5-16)12-15-13-23(30(34)36)26-20(29(33)35)9-6-18-17-7-10-21(31(37)38)27-22(32(39)40)11-8-19(25(17)27)24(15)28(18)26/h2-11,13H,12H2,1H3,(H2,33,35)(H2,34,36)(H,37,38)(H,39,40). The van der Waals surface area contributed by atoms with E-state index in [2.05, 4.69) is 0 Å². The number of rotatable bonds is 7. The lowest BCUT2D eigenvalue weighted by Crippen LogP contribution is -2.17. The number of carbonyl (C=O) groups is 4. The van der Waals surface area contributed by atoms with E-state index in [9.17, 15) is 29.4 Å². The molecule has 0 aliphatic carbocycles. The van der Waals surface area contributed by atoms with Crippen LogP contribution in [0.2, 0.25) is 0 Å². The second kappa shape index (κ2) is 9.20. The Bertz CT molecular complexity index is 2090. The second-order valence-corrected chi connectivity index (χ2v) is 9.80. The van der Waals surface area contributed by atoms with Gasteiger partial charge in [0.05, 0.1) is 18.2 Å². The number of ether oxygens (including phenoxy) is 1. The maximum absolute atomic E-state index is 12.8. The van der Waals surface area contributed by atoms with Gasteiger partial charge in [0.2, 0.25) is 11.8 Å². The average Bonchev–Trinajstić information content (AvgIpc) is 2.95. The molecule has 6 aromatic carbocycles. The molecule has 0 bridgehead atoms. The molecule has 6 rings (SSSR count). The maximum Gasteiger partial charge on any atom is 0.336 e. The highest BCUT2D eigenvalue weighted by Crippen LogP contribution is 2.45. The van der Waals surface area contributed by atoms with Gasteiger partial charge in [0.25, 0.3) is 0 Å². The van der Waals surface area contributed by atoms with Crippen molar-refractivity contribution in [3.63, 3.8) is 0 Å². The highest BCUT2D eigenvalue weighted by atomic mass is 16.5. The minimum Gasteiger partial charge on any atom is -0.497 e. The predicted octanol–water partition coefficient (Wildman–Crippen LogP) is 4.93. The van der Waals surface area contributed by atoms with Crippen LogP contribution in [-0.2, 0) is 6.42 Å². The molecule has 0 aliphatic rings. The Morgan fingerprint density at radius 3 is 1.66 bits per heavy atom. The summed E-state index contributed by atoms with van der Waals surface area (Å²) in [5, 5.41) is 23.7. The number of aromatic carboxylic acids is 2. The van der Waals surface area contributed by atoms with Crippen LogP contribution in [0.25, 0.3) is 43.1 Å². The topological polar surface area (TPSA) is 170 Å². The molecule has 9 heteroatoms. The van der Waals surface area contributed by atoms with Crippen LogP contribution in [0.4, 0.5) is 0 Å². The zero-order valence-corrected chi connectivity index (χ0v) is 21.6.